The van der Waals surface area contributed by atoms with Crippen molar-refractivity contribution in [1.82, 2.24) is 9.97 Å². The van der Waals surface area contributed by atoms with Crippen LogP contribution in [0.3, 0.4) is 0 Å². The minimum absolute atomic E-state index is 0.248. The van der Waals surface area contributed by atoms with Crippen LogP contribution in [-0.2, 0) is 12.8 Å². The Balaban J connectivity index is 1.32. The van der Waals surface area contributed by atoms with Crippen molar-refractivity contribution in [2.45, 2.75) is 19.3 Å². The number of aryl methyl sites for hydroxylation is 2. The molecule has 1 saturated heterocycles. The number of urea groups is 1. The molecule has 31 heavy (non-hydrogen) atoms. The average molecular weight is 432 g/mol. The van der Waals surface area contributed by atoms with Gasteiger partial charge in [-0.3, -0.25) is 4.98 Å². The summed E-state index contributed by atoms with van der Waals surface area (Å²) in [6.07, 6.45) is 6.88. The molecule has 0 unspecified atom stereocenters. The minimum atomic E-state index is -0.248. The van der Waals surface area contributed by atoms with E-state index in [0.29, 0.717) is 0 Å². The lowest BCUT2D eigenvalue weighted by molar-refractivity contribution is 0.262. The number of nitrogens with one attached hydrogen (secondary N) is 2. The molecule has 1 aliphatic heterocycles. The van der Waals surface area contributed by atoms with Crippen molar-refractivity contribution in [2.75, 3.05) is 40.1 Å². The van der Waals surface area contributed by atoms with Gasteiger partial charge >= 0.3 is 6.03 Å². The van der Waals surface area contributed by atoms with Crippen molar-refractivity contribution < 1.29 is 4.79 Å². The third-order valence-corrected chi connectivity index (χ3v) is 6.68. The average Bonchev–Trinajstić information content (AvgIpc) is 3.28. The second-order valence-electron chi connectivity index (χ2n) is 7.82. The first-order valence-electron chi connectivity index (χ1n) is 10.7. The number of carbonyl (C=O) groups excluding carboxylic acids is 1. The first-order chi connectivity index (χ1) is 15.3. The van der Waals surface area contributed by atoms with E-state index in [1.54, 1.807) is 12.4 Å². The fourth-order valence-electron chi connectivity index (χ4n) is 4.23. The van der Waals surface area contributed by atoms with Gasteiger partial charge in [-0.15, -0.1) is 0 Å². The summed E-state index contributed by atoms with van der Waals surface area (Å²) >= 11 is 1.97. The Hall–Kier alpha value is -3.06. The molecule has 0 radical (unpaired) electrons. The van der Waals surface area contributed by atoms with E-state index >= 15 is 0 Å². The standard InChI is InChI=1S/C24H25N5OS/c30-24(28-21-8-7-17-3-1-4-18(17)15-21)27-20-6-2-5-19(16-20)22-23(26-10-9-25-22)29-11-13-31-14-12-29/h2,5-10,15-16H,1,3-4,11-14H2,(H2,27,28,30). The molecule has 0 saturated carbocycles. The van der Waals surface area contributed by atoms with Crippen LogP contribution in [0.5, 0.6) is 0 Å². The number of rotatable bonds is 4. The Labute approximate surface area is 186 Å². The van der Waals surface area contributed by atoms with Crippen molar-refractivity contribution in [3.8, 4) is 11.3 Å². The van der Waals surface area contributed by atoms with Gasteiger partial charge in [0.05, 0.1) is 0 Å². The monoisotopic (exact) mass is 431 g/mol. The van der Waals surface area contributed by atoms with E-state index in [2.05, 4.69) is 37.6 Å². The highest BCUT2D eigenvalue weighted by Gasteiger charge is 2.18. The predicted molar refractivity (Wildman–Crippen MR) is 128 cm³/mol. The number of hydrogen-bond donors (Lipinski definition) is 2. The number of aromatic nitrogens is 2. The van der Waals surface area contributed by atoms with Crippen LogP contribution < -0.4 is 15.5 Å². The Morgan fingerprint density at radius 1 is 0.903 bits per heavy atom. The molecule has 0 spiro atoms. The van der Waals surface area contributed by atoms with E-state index in [-0.39, 0.29) is 6.03 Å². The van der Waals surface area contributed by atoms with Crippen LogP contribution in [0.25, 0.3) is 11.3 Å². The van der Waals surface area contributed by atoms with E-state index in [4.69, 9.17) is 0 Å². The molecule has 1 aromatic heterocycles. The van der Waals surface area contributed by atoms with Crippen LogP contribution in [0.2, 0.25) is 0 Å². The van der Waals surface area contributed by atoms with Crippen molar-refractivity contribution in [3.63, 3.8) is 0 Å². The maximum atomic E-state index is 12.6. The molecule has 6 nitrogen and oxygen atoms in total. The zero-order valence-corrected chi connectivity index (χ0v) is 18.1. The molecule has 2 N–H and O–H groups in total. The predicted octanol–water partition coefficient (Wildman–Crippen LogP) is 4.83. The Morgan fingerprint density at radius 2 is 1.68 bits per heavy atom. The van der Waals surface area contributed by atoms with Crippen LogP contribution in [0.4, 0.5) is 22.0 Å². The normalized spacial score (nSPS) is 15.4. The molecule has 3 aromatic rings. The summed E-state index contributed by atoms with van der Waals surface area (Å²) < 4.78 is 0. The molecular weight excluding hydrogens is 406 g/mol. The summed E-state index contributed by atoms with van der Waals surface area (Å²) in [6, 6.07) is 13.7. The SMILES string of the molecule is O=C(Nc1cccc(-c2nccnc2N2CCSCC2)c1)Nc1ccc2c(c1)CCC2. The molecule has 1 fully saturated rings. The summed E-state index contributed by atoms with van der Waals surface area (Å²) in [7, 11) is 0. The molecule has 2 heterocycles. The van der Waals surface area contributed by atoms with E-state index in [1.807, 2.05) is 42.1 Å². The van der Waals surface area contributed by atoms with Crippen molar-refractivity contribution in [3.05, 3.63) is 66.0 Å². The van der Waals surface area contributed by atoms with E-state index < -0.39 is 0 Å². The maximum Gasteiger partial charge on any atom is 0.323 e. The molecule has 7 heteroatoms. The minimum Gasteiger partial charge on any atom is -0.353 e. The van der Waals surface area contributed by atoms with Crippen LogP contribution in [0, 0.1) is 0 Å². The highest BCUT2D eigenvalue weighted by atomic mass is 32.2. The lowest BCUT2D eigenvalue weighted by Gasteiger charge is -2.28. The number of amides is 2. The van der Waals surface area contributed by atoms with Crippen LogP contribution >= 0.6 is 11.8 Å². The molecule has 158 valence electrons. The lowest BCUT2D eigenvalue weighted by atomic mass is 10.1. The third kappa shape index (κ3) is 4.51. The van der Waals surface area contributed by atoms with Gasteiger partial charge in [-0.05, 0) is 54.7 Å². The van der Waals surface area contributed by atoms with Gasteiger partial charge in [-0.25, -0.2) is 9.78 Å². The smallest absolute Gasteiger partial charge is 0.323 e. The summed E-state index contributed by atoms with van der Waals surface area (Å²) in [6.45, 7) is 1.94. The van der Waals surface area contributed by atoms with Crippen molar-refractivity contribution in [2.24, 2.45) is 0 Å². The Bertz CT molecular complexity index is 1100. The summed E-state index contributed by atoms with van der Waals surface area (Å²) in [5, 5.41) is 5.91. The van der Waals surface area contributed by atoms with Gasteiger partial charge in [-0.1, -0.05) is 18.2 Å². The summed E-state index contributed by atoms with van der Waals surface area (Å²) in [5.41, 5.74) is 6.07. The molecule has 5 rings (SSSR count). The largest absolute Gasteiger partial charge is 0.353 e. The van der Waals surface area contributed by atoms with Gasteiger partial charge < -0.3 is 15.5 Å². The van der Waals surface area contributed by atoms with Gasteiger partial charge in [-0.2, -0.15) is 11.8 Å². The topological polar surface area (TPSA) is 70.2 Å². The molecule has 1 aliphatic carbocycles. The zero-order valence-electron chi connectivity index (χ0n) is 17.3. The second-order valence-corrected chi connectivity index (χ2v) is 9.05. The van der Waals surface area contributed by atoms with Gasteiger partial charge in [0.2, 0.25) is 0 Å². The molecule has 2 aliphatic rings. The van der Waals surface area contributed by atoms with E-state index in [9.17, 15) is 4.79 Å². The molecule has 2 amide bonds. The summed E-state index contributed by atoms with van der Waals surface area (Å²) in [5.74, 6) is 3.10. The van der Waals surface area contributed by atoms with E-state index in [1.165, 1.54) is 17.5 Å². The van der Waals surface area contributed by atoms with Crippen LogP contribution in [-0.4, -0.2) is 40.6 Å². The molecular formula is C24H25N5OS. The fourth-order valence-corrected chi connectivity index (χ4v) is 5.13. The molecule has 0 atom stereocenters. The third-order valence-electron chi connectivity index (χ3n) is 5.74. The van der Waals surface area contributed by atoms with Gasteiger partial charge in [0.15, 0.2) is 5.82 Å². The number of nitrogens with zero attached hydrogens (tertiary/aromatic N) is 3. The van der Waals surface area contributed by atoms with Gasteiger partial charge in [0.1, 0.15) is 5.69 Å². The first-order valence-corrected chi connectivity index (χ1v) is 11.9. The highest BCUT2D eigenvalue weighted by Crippen LogP contribution is 2.30. The molecule has 0 bridgehead atoms. The first kappa shape index (κ1) is 19.9. The van der Waals surface area contributed by atoms with E-state index in [0.717, 1.165) is 65.9 Å². The number of fused-ring (bicyclic) bond motifs is 1. The second kappa shape index (κ2) is 8.98. The highest BCUT2D eigenvalue weighted by molar-refractivity contribution is 7.99. The van der Waals surface area contributed by atoms with Gasteiger partial charge in [0, 0.05) is 53.9 Å². The van der Waals surface area contributed by atoms with Crippen molar-refractivity contribution in [1.29, 1.82) is 0 Å². The number of benzene rings is 2. The van der Waals surface area contributed by atoms with Gasteiger partial charge in [0.25, 0.3) is 0 Å². The Morgan fingerprint density at radius 3 is 2.55 bits per heavy atom. The number of thioether (sulfide) groups is 1. The lowest BCUT2D eigenvalue weighted by Crippen LogP contribution is -2.33. The Kier molecular flexibility index (Phi) is 5.76. The maximum absolute atomic E-state index is 12.6. The summed E-state index contributed by atoms with van der Waals surface area (Å²) in [4.78, 5) is 24.1. The number of hydrogen-bond acceptors (Lipinski definition) is 5. The quantitative estimate of drug-likeness (QED) is 0.619. The fraction of sp³-hybridized carbons (Fsp3) is 0.292. The number of anilines is 3. The molecule has 2 aromatic carbocycles. The van der Waals surface area contributed by atoms with Crippen LogP contribution in [0.15, 0.2) is 54.9 Å². The zero-order chi connectivity index (χ0) is 21.0. The number of carbonyl (C=O) groups is 1. The van der Waals surface area contributed by atoms with Crippen molar-refractivity contribution >= 4 is 35.0 Å². The van der Waals surface area contributed by atoms with Crippen LogP contribution in [0.1, 0.15) is 17.5 Å².